The van der Waals surface area contributed by atoms with E-state index in [-0.39, 0.29) is 18.9 Å². The number of aliphatic hydroxyl groups is 1. The van der Waals surface area contributed by atoms with Crippen molar-refractivity contribution >= 4 is 33.4 Å². The van der Waals surface area contributed by atoms with Crippen LogP contribution in [0.3, 0.4) is 0 Å². The van der Waals surface area contributed by atoms with Crippen molar-refractivity contribution in [3.05, 3.63) is 134 Å². The van der Waals surface area contributed by atoms with Crippen molar-refractivity contribution in [2.45, 2.75) is 30.9 Å². The van der Waals surface area contributed by atoms with Crippen LogP contribution in [-0.2, 0) is 22.4 Å². The third-order valence-electron chi connectivity index (χ3n) is 7.64. The van der Waals surface area contributed by atoms with Gasteiger partial charge in [0.15, 0.2) is 11.6 Å². The van der Waals surface area contributed by atoms with Crippen molar-refractivity contribution < 1.29 is 24.1 Å². The normalized spacial score (nSPS) is 16.9. The lowest BCUT2D eigenvalue weighted by Gasteiger charge is -2.31. The highest BCUT2D eigenvalue weighted by Crippen LogP contribution is 2.44. The van der Waals surface area contributed by atoms with Crippen LogP contribution in [0.1, 0.15) is 34.8 Å². The van der Waals surface area contributed by atoms with Crippen molar-refractivity contribution in [3.8, 4) is 11.5 Å². The number of carbonyl (C=O) groups is 1. The fourth-order valence-electron chi connectivity index (χ4n) is 5.31. The molecule has 0 aliphatic carbocycles. The van der Waals surface area contributed by atoms with Gasteiger partial charge in [0.05, 0.1) is 13.7 Å². The first-order valence-electron chi connectivity index (χ1n) is 14.9. The van der Waals surface area contributed by atoms with E-state index in [0.717, 1.165) is 10.0 Å². The molecule has 1 aliphatic heterocycles. The molecule has 1 heterocycles. The van der Waals surface area contributed by atoms with Crippen LogP contribution in [0.4, 0.5) is 5.69 Å². The molecule has 0 radical (unpaired) electrons. The number of nitrogens with one attached hydrogen (secondary N) is 1. The Labute approximate surface area is 275 Å². The van der Waals surface area contributed by atoms with Gasteiger partial charge in [0.2, 0.25) is 5.90 Å². The predicted molar refractivity (Wildman–Crippen MR) is 180 cm³/mol. The van der Waals surface area contributed by atoms with Crippen LogP contribution in [0.25, 0.3) is 10.4 Å². The molecule has 0 fully saturated rings. The van der Waals surface area contributed by atoms with Gasteiger partial charge in [0, 0.05) is 46.6 Å². The molecule has 1 aliphatic rings. The second-order valence-electron chi connectivity index (χ2n) is 10.7. The van der Waals surface area contributed by atoms with E-state index < -0.39 is 11.6 Å². The molecule has 2 atom stereocenters. The summed E-state index contributed by atoms with van der Waals surface area (Å²) in [6, 6.07) is 29.7. The first kappa shape index (κ1) is 32.6. The number of rotatable bonds is 14. The van der Waals surface area contributed by atoms with Crippen molar-refractivity contribution in [3.63, 3.8) is 0 Å². The van der Waals surface area contributed by atoms with Crippen LogP contribution in [-0.4, -0.2) is 49.3 Å². The van der Waals surface area contributed by atoms with Gasteiger partial charge in [0.25, 0.3) is 5.91 Å². The van der Waals surface area contributed by atoms with Gasteiger partial charge in [-0.2, -0.15) is 0 Å². The molecule has 0 saturated carbocycles. The van der Waals surface area contributed by atoms with E-state index in [2.05, 4.69) is 31.3 Å². The van der Waals surface area contributed by atoms with E-state index in [1.165, 1.54) is 0 Å². The van der Waals surface area contributed by atoms with Crippen molar-refractivity contribution in [1.82, 2.24) is 5.32 Å². The third-order valence-corrected chi connectivity index (χ3v) is 8.17. The zero-order chi connectivity index (χ0) is 32.4. The van der Waals surface area contributed by atoms with Crippen molar-refractivity contribution in [1.29, 1.82) is 0 Å². The molecule has 0 aromatic heterocycles. The molecular formula is C35H34BrN5O5. The fourth-order valence-corrected chi connectivity index (χ4v) is 5.57. The molecule has 1 amide bonds. The van der Waals surface area contributed by atoms with Crippen molar-refractivity contribution in [2.75, 3.05) is 26.9 Å². The molecule has 0 bridgehead atoms. The largest absolute Gasteiger partial charge is 0.497 e. The summed E-state index contributed by atoms with van der Waals surface area (Å²) in [7, 11) is 1.58. The zero-order valence-corrected chi connectivity index (χ0v) is 26.9. The molecule has 4 aromatic rings. The molecule has 0 saturated heterocycles. The summed E-state index contributed by atoms with van der Waals surface area (Å²) in [5, 5.41) is 16.1. The summed E-state index contributed by atoms with van der Waals surface area (Å²) in [5.74, 6) is 1.21. The molecule has 0 spiro atoms. The first-order chi connectivity index (χ1) is 22.5. The molecule has 11 heteroatoms. The Morgan fingerprint density at radius 1 is 1.07 bits per heavy atom. The van der Waals surface area contributed by atoms with Crippen LogP contribution in [0.15, 0.2) is 112 Å². The van der Waals surface area contributed by atoms with Crippen LogP contribution < -0.4 is 14.8 Å². The third kappa shape index (κ3) is 7.69. The Hall–Kier alpha value is -4.83. The number of hydrogen-bond acceptors (Lipinski definition) is 7. The van der Waals surface area contributed by atoms with E-state index in [9.17, 15) is 10.3 Å². The highest BCUT2D eigenvalue weighted by atomic mass is 79.9. The smallest absolute Gasteiger partial charge is 0.252 e. The second kappa shape index (κ2) is 15.4. The van der Waals surface area contributed by atoms with Crippen molar-refractivity contribution in [2.24, 2.45) is 10.1 Å². The number of aliphatic imine (C=N–C) groups is 1. The molecule has 236 valence electrons. The van der Waals surface area contributed by atoms with E-state index in [1.807, 2.05) is 72.8 Å². The lowest BCUT2D eigenvalue weighted by atomic mass is 9.81. The lowest BCUT2D eigenvalue weighted by Crippen LogP contribution is -2.50. The minimum atomic E-state index is -1.47. The maximum atomic E-state index is 14.5. The number of ether oxygens (including phenoxy) is 3. The fraction of sp³-hybridized carbons (Fsp3) is 0.257. The predicted octanol–water partition coefficient (Wildman–Crippen LogP) is 7.02. The molecule has 10 nitrogen and oxygen atoms in total. The number of azide groups is 1. The molecular weight excluding hydrogens is 650 g/mol. The maximum Gasteiger partial charge on any atom is 0.252 e. The number of aliphatic hydroxyl groups excluding tert-OH is 1. The summed E-state index contributed by atoms with van der Waals surface area (Å²) in [4.78, 5) is 22.6. The van der Waals surface area contributed by atoms with Gasteiger partial charge in [-0.25, -0.2) is 4.99 Å². The van der Waals surface area contributed by atoms with Gasteiger partial charge in [-0.1, -0.05) is 69.6 Å². The number of hydrogen-bond donors (Lipinski definition) is 2. The van der Waals surface area contributed by atoms with Crippen LogP contribution >= 0.6 is 15.9 Å². The second-order valence-corrected chi connectivity index (χ2v) is 11.6. The number of nitrogens with zero attached hydrogens (tertiary/aromatic N) is 4. The average Bonchev–Trinajstić information content (AvgIpc) is 3.47. The number of methoxy groups -OCH3 is 1. The van der Waals surface area contributed by atoms with Crippen LogP contribution in [0, 0.1) is 0 Å². The van der Waals surface area contributed by atoms with E-state index in [0.29, 0.717) is 65.8 Å². The number of halogens is 1. The molecule has 5 rings (SSSR count). The van der Waals surface area contributed by atoms with Gasteiger partial charge >= 0.3 is 0 Å². The van der Waals surface area contributed by atoms with Gasteiger partial charge in [-0.3, -0.25) is 4.79 Å². The quantitative estimate of drug-likeness (QED) is 0.0637. The molecule has 46 heavy (non-hydrogen) atoms. The minimum absolute atomic E-state index is 0.0461. The Bertz CT molecular complexity index is 1720. The monoisotopic (exact) mass is 683 g/mol. The van der Waals surface area contributed by atoms with Crippen LogP contribution in [0.2, 0.25) is 0 Å². The zero-order valence-electron chi connectivity index (χ0n) is 25.3. The Morgan fingerprint density at radius 2 is 1.85 bits per heavy atom. The van der Waals surface area contributed by atoms with E-state index in [1.54, 1.807) is 31.4 Å². The van der Waals surface area contributed by atoms with Crippen LogP contribution in [0.5, 0.6) is 11.5 Å². The standard InChI is InChI=1S/C35H34BrN5O5/c1-44-30-8-4-7-26(22-30)32-35(23-27-6-2-3-9-31(27)40-41-37,34(43)38-19-18-24-10-14-28(36)15-11-24)39-33(46-32)25-12-16-29(17-13-25)45-21-5-20-42/h2-4,6-17,22,32,42H,5,18-21,23H2,1H3,(H,38,43)/t32-,35-/m1/s1. The Morgan fingerprint density at radius 3 is 2.59 bits per heavy atom. The first-order valence-corrected chi connectivity index (χ1v) is 15.7. The average molecular weight is 685 g/mol. The number of amides is 1. The lowest BCUT2D eigenvalue weighted by molar-refractivity contribution is -0.128. The van der Waals surface area contributed by atoms with Gasteiger partial charge in [-0.05, 0) is 77.2 Å². The highest BCUT2D eigenvalue weighted by Gasteiger charge is 2.53. The highest BCUT2D eigenvalue weighted by molar-refractivity contribution is 9.10. The Kier molecular flexibility index (Phi) is 10.9. The van der Waals surface area contributed by atoms with Gasteiger partial charge in [-0.15, -0.1) is 0 Å². The van der Waals surface area contributed by atoms with E-state index >= 15 is 0 Å². The summed E-state index contributed by atoms with van der Waals surface area (Å²) in [6.07, 6.45) is 0.393. The minimum Gasteiger partial charge on any atom is -0.497 e. The van der Waals surface area contributed by atoms with E-state index in [4.69, 9.17) is 24.3 Å². The van der Waals surface area contributed by atoms with Gasteiger partial charge < -0.3 is 24.6 Å². The maximum absolute atomic E-state index is 14.5. The molecule has 0 unspecified atom stereocenters. The topological polar surface area (TPSA) is 138 Å². The summed E-state index contributed by atoms with van der Waals surface area (Å²) < 4.78 is 18.8. The SMILES string of the molecule is COc1cccc([C@H]2OC(c3ccc(OCCCO)cc3)=N[C@@]2(Cc2ccccc2N=[N+]=[N-])C(=O)NCCc2ccc(Br)cc2)c1. The Balaban J connectivity index is 1.57. The summed E-state index contributed by atoms with van der Waals surface area (Å²) in [5.41, 5.74) is 11.3. The molecule has 4 aromatic carbocycles. The summed E-state index contributed by atoms with van der Waals surface area (Å²) in [6.45, 7) is 0.805. The molecule has 2 N–H and O–H groups in total. The number of carbonyl (C=O) groups excluding carboxylic acids is 1. The summed E-state index contributed by atoms with van der Waals surface area (Å²) >= 11 is 3.47. The van der Waals surface area contributed by atoms with Gasteiger partial charge in [0.1, 0.15) is 11.5 Å². The number of benzene rings is 4.